The molecule has 1 aliphatic rings. The van der Waals surface area contributed by atoms with Crippen LogP contribution in [0.5, 0.6) is 6.01 Å². The van der Waals surface area contributed by atoms with Crippen molar-refractivity contribution in [3.63, 3.8) is 0 Å². The van der Waals surface area contributed by atoms with Crippen LogP contribution >= 0.6 is 0 Å². The van der Waals surface area contributed by atoms with Gasteiger partial charge in [-0.3, -0.25) is 9.69 Å². The van der Waals surface area contributed by atoms with Crippen molar-refractivity contribution in [3.05, 3.63) is 41.2 Å². The van der Waals surface area contributed by atoms with Crippen LogP contribution in [-0.4, -0.2) is 71.8 Å². The lowest BCUT2D eigenvalue weighted by Gasteiger charge is -2.26. The molecular weight excluding hydrogens is 420 g/mol. The Kier molecular flexibility index (Phi) is 7.41. The highest BCUT2D eigenvalue weighted by Crippen LogP contribution is 2.25. The molecule has 1 saturated heterocycles. The van der Waals surface area contributed by atoms with Gasteiger partial charge in [-0.1, -0.05) is 6.92 Å². The molecular formula is C24H32N6O3. The first kappa shape index (κ1) is 23.0. The van der Waals surface area contributed by atoms with Gasteiger partial charge in [-0.05, 0) is 44.0 Å². The normalized spacial score (nSPS) is 14.4. The summed E-state index contributed by atoms with van der Waals surface area (Å²) in [5, 5.41) is 7.27. The minimum Gasteiger partial charge on any atom is -0.462 e. The van der Waals surface area contributed by atoms with E-state index < -0.39 is 0 Å². The molecule has 0 unspecified atom stereocenters. The summed E-state index contributed by atoms with van der Waals surface area (Å²) >= 11 is 0. The van der Waals surface area contributed by atoms with E-state index in [-0.39, 0.29) is 17.6 Å². The number of H-pyrrole nitrogens is 1. The van der Waals surface area contributed by atoms with E-state index in [1.165, 1.54) is 5.56 Å². The van der Waals surface area contributed by atoms with Crippen molar-refractivity contribution in [3.8, 4) is 6.01 Å². The highest BCUT2D eigenvalue weighted by molar-refractivity contribution is 6.04. The summed E-state index contributed by atoms with van der Waals surface area (Å²) in [5.41, 5.74) is 4.31. The fourth-order valence-electron chi connectivity index (χ4n) is 3.77. The lowest BCUT2D eigenvalue weighted by molar-refractivity contribution is 0.0317. The number of amides is 1. The first-order chi connectivity index (χ1) is 16.0. The number of fused-ring (bicyclic) bond motifs is 1. The third kappa shape index (κ3) is 5.80. The minimum absolute atomic E-state index is 0.196. The molecule has 3 heterocycles. The van der Waals surface area contributed by atoms with E-state index in [4.69, 9.17) is 9.47 Å². The number of anilines is 2. The molecule has 33 heavy (non-hydrogen) atoms. The molecule has 1 amide bonds. The monoisotopic (exact) mass is 452 g/mol. The number of benzene rings is 1. The maximum Gasteiger partial charge on any atom is 0.319 e. The molecule has 1 fully saturated rings. The Morgan fingerprint density at radius 1 is 1.21 bits per heavy atom. The topological polar surface area (TPSA) is 104 Å². The third-order valence-electron chi connectivity index (χ3n) is 5.80. The van der Waals surface area contributed by atoms with Crippen LogP contribution in [0.15, 0.2) is 24.3 Å². The molecule has 9 nitrogen and oxygen atoms in total. The number of aromatic amines is 1. The maximum atomic E-state index is 13.0. The van der Waals surface area contributed by atoms with E-state index in [9.17, 15) is 4.79 Å². The quantitative estimate of drug-likeness (QED) is 0.457. The molecule has 0 spiro atoms. The van der Waals surface area contributed by atoms with Crippen LogP contribution in [0.2, 0.25) is 0 Å². The fraction of sp³-hybridized carbons (Fsp3) is 0.458. The van der Waals surface area contributed by atoms with E-state index in [2.05, 4.69) is 44.3 Å². The summed E-state index contributed by atoms with van der Waals surface area (Å²) in [6.07, 6.45) is 0.939. The molecule has 0 bridgehead atoms. The van der Waals surface area contributed by atoms with E-state index in [0.717, 1.165) is 62.4 Å². The lowest BCUT2D eigenvalue weighted by Crippen LogP contribution is -2.38. The van der Waals surface area contributed by atoms with Crippen molar-refractivity contribution in [2.45, 2.75) is 27.2 Å². The van der Waals surface area contributed by atoms with Gasteiger partial charge in [0.05, 0.1) is 13.2 Å². The van der Waals surface area contributed by atoms with Crippen molar-refractivity contribution in [2.24, 2.45) is 0 Å². The van der Waals surface area contributed by atoms with Crippen molar-refractivity contribution < 1.29 is 14.3 Å². The smallest absolute Gasteiger partial charge is 0.319 e. The molecule has 0 atom stereocenters. The molecule has 0 aliphatic carbocycles. The number of morpholine rings is 1. The third-order valence-corrected chi connectivity index (χ3v) is 5.80. The molecule has 1 aliphatic heterocycles. The maximum absolute atomic E-state index is 13.0. The Bertz CT molecular complexity index is 1110. The number of hydrogen-bond donors (Lipinski definition) is 3. The summed E-state index contributed by atoms with van der Waals surface area (Å²) in [6, 6.07) is 7.68. The Morgan fingerprint density at radius 3 is 2.82 bits per heavy atom. The Morgan fingerprint density at radius 2 is 2.03 bits per heavy atom. The first-order valence-electron chi connectivity index (χ1n) is 11.5. The van der Waals surface area contributed by atoms with E-state index >= 15 is 0 Å². The van der Waals surface area contributed by atoms with Gasteiger partial charge in [-0.25, -0.2) is 0 Å². The van der Waals surface area contributed by atoms with Gasteiger partial charge in [0, 0.05) is 54.5 Å². The van der Waals surface area contributed by atoms with E-state index in [1.807, 2.05) is 25.1 Å². The predicted molar refractivity (Wildman–Crippen MR) is 129 cm³/mol. The number of nitrogens with zero attached hydrogens (tertiary/aromatic N) is 3. The lowest BCUT2D eigenvalue weighted by atomic mass is 10.1. The molecule has 4 rings (SSSR count). The molecule has 3 N–H and O–H groups in total. The molecule has 176 valence electrons. The van der Waals surface area contributed by atoms with Crippen LogP contribution in [0, 0.1) is 13.8 Å². The SMILES string of the molecule is CCCNc1cc(C(=O)Nc2ccc3[nH]c(C)c(C)c3c2)nc(OCCN2CCOCC2)n1. The van der Waals surface area contributed by atoms with Gasteiger partial charge in [0.15, 0.2) is 0 Å². The summed E-state index contributed by atoms with van der Waals surface area (Å²) in [6.45, 7) is 11.4. The number of carbonyl (C=O) groups excluding carboxylic acids is 1. The van der Waals surface area contributed by atoms with Crippen molar-refractivity contribution >= 4 is 28.3 Å². The number of aryl methyl sites for hydroxylation is 2. The Labute approximate surface area is 193 Å². The second-order valence-corrected chi connectivity index (χ2v) is 8.24. The summed E-state index contributed by atoms with van der Waals surface area (Å²) in [5.74, 6) is 0.269. The summed E-state index contributed by atoms with van der Waals surface area (Å²) in [7, 11) is 0. The molecule has 2 aromatic heterocycles. The van der Waals surface area contributed by atoms with Gasteiger partial charge >= 0.3 is 6.01 Å². The first-order valence-corrected chi connectivity index (χ1v) is 11.5. The van der Waals surface area contributed by atoms with E-state index in [0.29, 0.717) is 18.1 Å². The van der Waals surface area contributed by atoms with E-state index in [1.54, 1.807) is 6.07 Å². The Hall–Kier alpha value is -3.17. The van der Waals surface area contributed by atoms with Crippen LogP contribution in [-0.2, 0) is 4.74 Å². The van der Waals surface area contributed by atoms with Crippen LogP contribution in [0.1, 0.15) is 35.1 Å². The number of nitrogens with one attached hydrogen (secondary N) is 3. The molecule has 0 radical (unpaired) electrons. The zero-order valence-corrected chi connectivity index (χ0v) is 19.5. The average Bonchev–Trinajstić information content (AvgIpc) is 3.11. The minimum atomic E-state index is -0.306. The van der Waals surface area contributed by atoms with Crippen LogP contribution in [0.25, 0.3) is 10.9 Å². The molecule has 1 aromatic carbocycles. The fourth-order valence-corrected chi connectivity index (χ4v) is 3.77. The largest absolute Gasteiger partial charge is 0.462 e. The number of ether oxygens (including phenoxy) is 2. The van der Waals surface area contributed by atoms with Crippen LogP contribution in [0.3, 0.4) is 0 Å². The Balaban J connectivity index is 1.47. The molecule has 9 heteroatoms. The average molecular weight is 453 g/mol. The van der Waals surface area contributed by atoms with Gasteiger partial charge in [0.1, 0.15) is 18.1 Å². The number of rotatable bonds is 9. The van der Waals surface area contributed by atoms with Gasteiger partial charge in [-0.15, -0.1) is 0 Å². The second-order valence-electron chi connectivity index (χ2n) is 8.24. The summed E-state index contributed by atoms with van der Waals surface area (Å²) < 4.78 is 11.2. The zero-order valence-electron chi connectivity index (χ0n) is 19.5. The van der Waals surface area contributed by atoms with Gasteiger partial charge in [0.2, 0.25) is 0 Å². The highest BCUT2D eigenvalue weighted by atomic mass is 16.5. The van der Waals surface area contributed by atoms with Gasteiger partial charge < -0.3 is 25.1 Å². The van der Waals surface area contributed by atoms with Gasteiger partial charge in [-0.2, -0.15) is 9.97 Å². The number of aromatic nitrogens is 3. The predicted octanol–water partition coefficient (Wildman–Crippen LogP) is 3.36. The highest BCUT2D eigenvalue weighted by Gasteiger charge is 2.15. The second kappa shape index (κ2) is 10.6. The standard InChI is InChI=1S/C24H32N6O3/c1-4-7-25-22-15-21(28-24(29-22)33-13-10-30-8-11-32-12-9-30)23(31)27-18-5-6-20-19(14-18)16(2)17(3)26-20/h5-6,14-15,26H,4,7-13H2,1-3H3,(H,27,31)(H,25,28,29). The van der Waals surface area contributed by atoms with Crippen molar-refractivity contribution in [1.82, 2.24) is 19.9 Å². The van der Waals surface area contributed by atoms with Crippen LogP contribution in [0.4, 0.5) is 11.5 Å². The number of carbonyl (C=O) groups is 1. The van der Waals surface area contributed by atoms with Crippen molar-refractivity contribution in [1.29, 1.82) is 0 Å². The summed E-state index contributed by atoms with van der Waals surface area (Å²) in [4.78, 5) is 27.4. The van der Waals surface area contributed by atoms with Crippen molar-refractivity contribution in [2.75, 3.05) is 56.6 Å². The zero-order chi connectivity index (χ0) is 23.2. The number of hydrogen-bond acceptors (Lipinski definition) is 7. The molecule has 3 aromatic rings. The van der Waals surface area contributed by atoms with Crippen LogP contribution < -0.4 is 15.4 Å². The van der Waals surface area contributed by atoms with Gasteiger partial charge in [0.25, 0.3) is 5.91 Å². The molecule has 0 saturated carbocycles.